The van der Waals surface area contributed by atoms with Gasteiger partial charge < -0.3 is 4.57 Å². The van der Waals surface area contributed by atoms with E-state index in [1.54, 1.807) is 0 Å². The maximum absolute atomic E-state index is 2.49. The molecule has 0 atom stereocenters. The topological polar surface area (TPSA) is 4.93 Å². The molecule has 7 rings (SSSR count). The molecule has 0 aliphatic rings. The molecule has 0 saturated carbocycles. The summed E-state index contributed by atoms with van der Waals surface area (Å²) in [5.41, 5.74) is 3.78. The van der Waals surface area contributed by atoms with E-state index < -0.39 is 8.07 Å². The number of fused-ring (bicyclic) bond motifs is 10. The van der Waals surface area contributed by atoms with E-state index in [0.29, 0.717) is 0 Å². The molecule has 2 heteroatoms. The van der Waals surface area contributed by atoms with Gasteiger partial charge in [0.05, 0.1) is 19.1 Å². The van der Waals surface area contributed by atoms with Crippen molar-refractivity contribution in [3.05, 3.63) is 109 Å². The molecule has 0 spiro atoms. The van der Waals surface area contributed by atoms with Crippen molar-refractivity contribution >= 4 is 67.4 Å². The first kappa shape index (κ1) is 20.5. The molecule has 0 fully saturated rings. The Morgan fingerprint density at radius 3 is 1.80 bits per heavy atom. The number of aromatic nitrogens is 1. The lowest BCUT2D eigenvalue weighted by molar-refractivity contribution is 1.19. The van der Waals surface area contributed by atoms with Crippen LogP contribution in [0.25, 0.3) is 59.8 Å². The second kappa shape index (κ2) is 7.31. The van der Waals surface area contributed by atoms with Crippen LogP contribution in [0.3, 0.4) is 0 Å². The summed E-state index contributed by atoms with van der Waals surface area (Å²) in [5, 5.41) is 12.0. The summed E-state index contributed by atoms with van der Waals surface area (Å²) in [5.74, 6) is 0. The van der Waals surface area contributed by atoms with E-state index in [1.807, 2.05) is 0 Å². The van der Waals surface area contributed by atoms with Gasteiger partial charge in [-0.25, -0.2) is 0 Å². The summed E-state index contributed by atoms with van der Waals surface area (Å²) in [6.07, 6.45) is 0. The molecule has 0 aliphatic carbocycles. The minimum atomic E-state index is -1.37. The molecule has 35 heavy (non-hydrogen) atoms. The number of hydrogen-bond donors (Lipinski definition) is 0. The lowest BCUT2D eigenvalue weighted by atomic mass is 9.93. The van der Waals surface area contributed by atoms with Gasteiger partial charge in [-0.2, -0.15) is 0 Å². The van der Waals surface area contributed by atoms with Crippen molar-refractivity contribution in [3.8, 4) is 5.69 Å². The monoisotopic (exact) mass is 465 g/mol. The van der Waals surface area contributed by atoms with Crippen LogP contribution < -0.4 is 5.19 Å². The summed E-state index contributed by atoms with van der Waals surface area (Å²) in [4.78, 5) is 0. The highest BCUT2D eigenvalue weighted by atomic mass is 28.3. The fourth-order valence-electron chi connectivity index (χ4n) is 5.82. The van der Waals surface area contributed by atoms with Crippen molar-refractivity contribution in [1.29, 1.82) is 0 Å². The molecule has 0 saturated heterocycles. The fourth-order valence-corrected chi connectivity index (χ4v) is 6.99. The molecule has 0 radical (unpaired) electrons. The standard InChI is InChI=1S/C33H27NSi/c1-35(2,3)24-19-17-23(18-20-24)34-30-15-9-8-14-28(30)32-27-13-7-6-12-26(27)31-25-11-5-4-10-22(25)16-21-29(31)33(32)34/h4-21H,1-3H3. The molecule has 7 aromatic rings. The summed E-state index contributed by atoms with van der Waals surface area (Å²) in [6.45, 7) is 7.23. The largest absolute Gasteiger partial charge is 0.309 e. The Morgan fingerprint density at radius 1 is 0.486 bits per heavy atom. The number of rotatable bonds is 2. The maximum atomic E-state index is 2.49. The van der Waals surface area contributed by atoms with E-state index in [2.05, 4.69) is 133 Å². The van der Waals surface area contributed by atoms with Crippen LogP contribution in [-0.2, 0) is 0 Å². The van der Waals surface area contributed by atoms with Crippen molar-refractivity contribution in [1.82, 2.24) is 4.57 Å². The lowest BCUT2D eigenvalue weighted by Gasteiger charge is -2.18. The second-order valence-electron chi connectivity index (χ2n) is 10.6. The van der Waals surface area contributed by atoms with Crippen LogP contribution in [0.5, 0.6) is 0 Å². The molecule has 0 N–H and O–H groups in total. The zero-order valence-electron chi connectivity index (χ0n) is 20.3. The van der Waals surface area contributed by atoms with Gasteiger partial charge in [0.2, 0.25) is 0 Å². The minimum absolute atomic E-state index is 1.22. The maximum Gasteiger partial charge on any atom is 0.0775 e. The Kier molecular flexibility index (Phi) is 4.28. The van der Waals surface area contributed by atoms with Gasteiger partial charge in [-0.3, -0.25) is 0 Å². The predicted octanol–water partition coefficient (Wildman–Crippen LogP) is 8.79. The number of para-hydroxylation sites is 1. The summed E-state index contributed by atoms with van der Waals surface area (Å²) < 4.78 is 2.49. The fraction of sp³-hybridized carbons (Fsp3) is 0.0909. The molecule has 0 bridgehead atoms. The zero-order valence-corrected chi connectivity index (χ0v) is 21.3. The van der Waals surface area contributed by atoms with Gasteiger partial charge in [0.1, 0.15) is 0 Å². The molecular formula is C33H27NSi. The smallest absolute Gasteiger partial charge is 0.0775 e. The zero-order chi connectivity index (χ0) is 23.7. The summed E-state index contributed by atoms with van der Waals surface area (Å²) in [6, 6.07) is 40.5. The van der Waals surface area contributed by atoms with E-state index in [4.69, 9.17) is 0 Å². The SMILES string of the molecule is C[Si](C)(C)c1ccc(-n2c3ccccc3c3c4ccccc4c4c5ccccc5ccc4c32)cc1. The number of benzene rings is 6. The molecule has 168 valence electrons. The Balaban J connectivity index is 1.74. The van der Waals surface area contributed by atoms with Crippen molar-refractivity contribution < 1.29 is 0 Å². The molecule has 6 aromatic carbocycles. The van der Waals surface area contributed by atoms with E-state index in [-0.39, 0.29) is 0 Å². The first-order valence-corrected chi connectivity index (χ1v) is 15.9. The molecular weight excluding hydrogens is 438 g/mol. The highest BCUT2D eigenvalue weighted by Crippen LogP contribution is 2.44. The predicted molar refractivity (Wildman–Crippen MR) is 156 cm³/mol. The van der Waals surface area contributed by atoms with Crippen LogP contribution in [0.1, 0.15) is 0 Å². The highest BCUT2D eigenvalue weighted by Gasteiger charge is 2.21. The van der Waals surface area contributed by atoms with Gasteiger partial charge >= 0.3 is 0 Å². The van der Waals surface area contributed by atoms with Gasteiger partial charge in [-0.1, -0.05) is 116 Å². The number of hydrogen-bond acceptors (Lipinski definition) is 0. The first-order valence-electron chi connectivity index (χ1n) is 12.4. The van der Waals surface area contributed by atoms with E-state index in [0.717, 1.165) is 0 Å². The van der Waals surface area contributed by atoms with Crippen LogP contribution in [0.4, 0.5) is 0 Å². The quantitative estimate of drug-likeness (QED) is 0.178. The van der Waals surface area contributed by atoms with E-state index >= 15 is 0 Å². The van der Waals surface area contributed by atoms with Gasteiger partial charge in [0.15, 0.2) is 0 Å². The summed E-state index contributed by atoms with van der Waals surface area (Å²) in [7, 11) is -1.37. The molecule has 0 aliphatic heterocycles. The normalized spacial score (nSPS) is 12.4. The Labute approximate surface area is 206 Å². The van der Waals surface area contributed by atoms with E-state index in [1.165, 1.54) is 65.0 Å². The van der Waals surface area contributed by atoms with Crippen molar-refractivity contribution in [2.24, 2.45) is 0 Å². The van der Waals surface area contributed by atoms with Crippen LogP contribution in [0, 0.1) is 0 Å². The van der Waals surface area contributed by atoms with Crippen molar-refractivity contribution in [2.45, 2.75) is 19.6 Å². The van der Waals surface area contributed by atoms with Gasteiger partial charge in [-0.05, 0) is 45.1 Å². The third-order valence-corrected chi connectivity index (χ3v) is 9.58. The molecule has 1 aromatic heterocycles. The van der Waals surface area contributed by atoms with Gasteiger partial charge in [-0.15, -0.1) is 0 Å². The molecule has 1 nitrogen and oxygen atoms in total. The van der Waals surface area contributed by atoms with Crippen molar-refractivity contribution in [3.63, 3.8) is 0 Å². The average Bonchev–Trinajstić information content (AvgIpc) is 3.23. The lowest BCUT2D eigenvalue weighted by Crippen LogP contribution is -2.37. The third-order valence-electron chi connectivity index (χ3n) is 7.52. The summed E-state index contributed by atoms with van der Waals surface area (Å²) >= 11 is 0. The Morgan fingerprint density at radius 2 is 1.09 bits per heavy atom. The minimum Gasteiger partial charge on any atom is -0.309 e. The third kappa shape index (κ3) is 2.93. The highest BCUT2D eigenvalue weighted by molar-refractivity contribution is 6.88. The molecule has 0 unspecified atom stereocenters. The number of nitrogens with zero attached hydrogens (tertiary/aromatic N) is 1. The van der Waals surface area contributed by atoms with Gasteiger partial charge in [0, 0.05) is 21.8 Å². The average molecular weight is 466 g/mol. The Hall–Kier alpha value is -3.88. The second-order valence-corrected chi connectivity index (χ2v) is 15.7. The molecule has 1 heterocycles. The van der Waals surface area contributed by atoms with Crippen LogP contribution in [-0.4, -0.2) is 12.6 Å². The van der Waals surface area contributed by atoms with E-state index in [9.17, 15) is 0 Å². The van der Waals surface area contributed by atoms with Crippen LogP contribution >= 0.6 is 0 Å². The Bertz CT molecular complexity index is 1920. The molecule has 0 amide bonds. The van der Waals surface area contributed by atoms with Crippen molar-refractivity contribution in [2.75, 3.05) is 0 Å². The first-order chi connectivity index (χ1) is 17.0. The van der Waals surface area contributed by atoms with Crippen LogP contribution in [0.15, 0.2) is 109 Å². The van der Waals surface area contributed by atoms with Gasteiger partial charge in [0.25, 0.3) is 0 Å². The van der Waals surface area contributed by atoms with Crippen LogP contribution in [0.2, 0.25) is 19.6 Å².